The quantitative estimate of drug-likeness (QED) is 0.823. The number of nitrogens with one attached hydrogen (secondary N) is 1. The van der Waals surface area contributed by atoms with Gasteiger partial charge in [0.1, 0.15) is 0 Å². The van der Waals surface area contributed by atoms with Crippen LogP contribution in [0.15, 0.2) is 36.4 Å². The Morgan fingerprint density at radius 2 is 1.80 bits per heavy atom. The molecule has 0 amide bonds. The lowest BCUT2D eigenvalue weighted by Crippen LogP contribution is -2.22. The van der Waals surface area contributed by atoms with Gasteiger partial charge in [-0.1, -0.05) is 55.3 Å². The Morgan fingerprint density at radius 1 is 1.05 bits per heavy atom. The van der Waals surface area contributed by atoms with Crippen LogP contribution in [-0.2, 0) is 6.54 Å². The first-order valence-corrected chi connectivity index (χ1v) is 7.44. The predicted molar refractivity (Wildman–Crippen MR) is 88.3 cm³/mol. The summed E-state index contributed by atoms with van der Waals surface area (Å²) in [6.07, 6.45) is 0. The number of hydrogen-bond acceptors (Lipinski definition) is 1. The Hall–Kier alpha value is -1.31. The molecule has 0 aliphatic heterocycles. The van der Waals surface area contributed by atoms with E-state index in [1.165, 1.54) is 22.3 Å². The fourth-order valence-corrected chi connectivity index (χ4v) is 2.42. The van der Waals surface area contributed by atoms with Gasteiger partial charge in [0.05, 0.1) is 0 Å². The van der Waals surface area contributed by atoms with Crippen LogP contribution in [0.5, 0.6) is 0 Å². The Kier molecular flexibility index (Phi) is 4.85. The largest absolute Gasteiger partial charge is 0.310 e. The Bertz CT molecular complexity index is 602. The van der Waals surface area contributed by atoms with Gasteiger partial charge in [-0.25, -0.2) is 0 Å². The number of hydrogen-bond donors (Lipinski definition) is 1. The van der Waals surface area contributed by atoms with E-state index in [0.29, 0.717) is 6.04 Å². The van der Waals surface area contributed by atoms with Crippen LogP contribution in [0.25, 0.3) is 11.1 Å². The van der Waals surface area contributed by atoms with Gasteiger partial charge < -0.3 is 5.32 Å². The maximum atomic E-state index is 6.30. The summed E-state index contributed by atoms with van der Waals surface area (Å²) in [6, 6.07) is 13.3. The monoisotopic (exact) mass is 287 g/mol. The van der Waals surface area contributed by atoms with Crippen molar-refractivity contribution < 1.29 is 0 Å². The SMILES string of the molecule is Cc1ccc(C)c(-c2ccc(Cl)c(CNC(C)C)c2)c1. The van der Waals surface area contributed by atoms with E-state index >= 15 is 0 Å². The van der Waals surface area contributed by atoms with Crippen molar-refractivity contribution in [2.24, 2.45) is 0 Å². The lowest BCUT2D eigenvalue weighted by atomic mass is 9.97. The summed E-state index contributed by atoms with van der Waals surface area (Å²) in [5, 5.41) is 4.25. The van der Waals surface area contributed by atoms with Crippen LogP contribution in [0.2, 0.25) is 5.02 Å². The van der Waals surface area contributed by atoms with Crippen LogP contribution in [0, 0.1) is 13.8 Å². The fraction of sp³-hybridized carbons (Fsp3) is 0.333. The molecule has 0 saturated heterocycles. The molecule has 0 unspecified atom stereocenters. The summed E-state index contributed by atoms with van der Waals surface area (Å²) in [6.45, 7) is 9.36. The molecule has 106 valence electrons. The lowest BCUT2D eigenvalue weighted by Gasteiger charge is -2.13. The average Bonchev–Trinajstić information content (AvgIpc) is 2.40. The summed E-state index contributed by atoms with van der Waals surface area (Å²) < 4.78 is 0. The molecule has 2 heteroatoms. The van der Waals surface area contributed by atoms with Crippen molar-refractivity contribution in [2.45, 2.75) is 40.3 Å². The molecule has 0 heterocycles. The third-order valence-electron chi connectivity index (χ3n) is 3.45. The standard InChI is InChI=1S/C18H22ClN/c1-12(2)20-11-16-10-15(7-8-18(16)19)17-9-13(3)5-6-14(17)4/h5-10,12,20H,11H2,1-4H3. The lowest BCUT2D eigenvalue weighted by molar-refractivity contribution is 0.589. The molecule has 2 aromatic carbocycles. The molecule has 2 rings (SSSR count). The molecule has 1 nitrogen and oxygen atoms in total. The summed E-state index contributed by atoms with van der Waals surface area (Å²) >= 11 is 6.30. The molecular formula is C18H22ClN. The van der Waals surface area contributed by atoms with Crippen molar-refractivity contribution in [3.05, 3.63) is 58.1 Å². The van der Waals surface area contributed by atoms with E-state index < -0.39 is 0 Å². The van der Waals surface area contributed by atoms with E-state index in [9.17, 15) is 0 Å². The Morgan fingerprint density at radius 3 is 2.50 bits per heavy atom. The molecule has 0 atom stereocenters. The van der Waals surface area contributed by atoms with Crippen LogP contribution >= 0.6 is 11.6 Å². The second-order valence-electron chi connectivity index (χ2n) is 5.66. The first-order chi connectivity index (χ1) is 9.47. The summed E-state index contributed by atoms with van der Waals surface area (Å²) in [5.41, 5.74) is 6.24. The molecule has 0 aromatic heterocycles. The third kappa shape index (κ3) is 3.62. The van der Waals surface area contributed by atoms with Gasteiger partial charge >= 0.3 is 0 Å². The van der Waals surface area contributed by atoms with Crippen LogP contribution in [-0.4, -0.2) is 6.04 Å². The highest BCUT2D eigenvalue weighted by Crippen LogP contribution is 2.28. The third-order valence-corrected chi connectivity index (χ3v) is 3.82. The highest BCUT2D eigenvalue weighted by Gasteiger charge is 2.07. The van der Waals surface area contributed by atoms with Gasteiger partial charge in [-0.15, -0.1) is 0 Å². The molecule has 0 aliphatic rings. The van der Waals surface area contributed by atoms with Gasteiger partial charge in [0.2, 0.25) is 0 Å². The second-order valence-corrected chi connectivity index (χ2v) is 6.07. The number of benzene rings is 2. The molecule has 0 aliphatic carbocycles. The Labute approximate surface area is 127 Å². The minimum Gasteiger partial charge on any atom is -0.310 e. The topological polar surface area (TPSA) is 12.0 Å². The molecule has 0 bridgehead atoms. The van der Waals surface area contributed by atoms with Crippen LogP contribution < -0.4 is 5.32 Å². The van der Waals surface area contributed by atoms with Gasteiger partial charge in [-0.3, -0.25) is 0 Å². The molecule has 0 radical (unpaired) electrons. The zero-order chi connectivity index (χ0) is 14.7. The molecule has 20 heavy (non-hydrogen) atoms. The summed E-state index contributed by atoms with van der Waals surface area (Å²) in [5.74, 6) is 0. The normalized spacial score (nSPS) is 11.1. The first-order valence-electron chi connectivity index (χ1n) is 7.07. The fourth-order valence-electron chi connectivity index (χ4n) is 2.24. The average molecular weight is 288 g/mol. The van der Waals surface area contributed by atoms with E-state index in [-0.39, 0.29) is 0 Å². The van der Waals surface area contributed by atoms with E-state index in [4.69, 9.17) is 11.6 Å². The van der Waals surface area contributed by atoms with Crippen molar-refractivity contribution in [3.63, 3.8) is 0 Å². The Balaban J connectivity index is 2.37. The molecule has 2 aromatic rings. The predicted octanol–water partition coefficient (Wildman–Crippen LogP) is 5.12. The second kappa shape index (κ2) is 6.43. The van der Waals surface area contributed by atoms with Crippen molar-refractivity contribution in [1.29, 1.82) is 0 Å². The van der Waals surface area contributed by atoms with Crippen LogP contribution in [0.3, 0.4) is 0 Å². The van der Waals surface area contributed by atoms with Crippen LogP contribution in [0.1, 0.15) is 30.5 Å². The van der Waals surface area contributed by atoms with Crippen LogP contribution in [0.4, 0.5) is 0 Å². The highest BCUT2D eigenvalue weighted by molar-refractivity contribution is 6.31. The summed E-state index contributed by atoms with van der Waals surface area (Å²) in [7, 11) is 0. The molecule has 1 N–H and O–H groups in total. The maximum absolute atomic E-state index is 6.30. The molecule has 0 spiro atoms. The van der Waals surface area contributed by atoms with Gasteiger partial charge in [-0.05, 0) is 48.2 Å². The van der Waals surface area contributed by atoms with Crippen molar-refractivity contribution >= 4 is 11.6 Å². The molecule has 0 saturated carbocycles. The maximum Gasteiger partial charge on any atom is 0.0451 e. The van der Waals surface area contributed by atoms with E-state index in [1.807, 2.05) is 6.07 Å². The van der Waals surface area contributed by atoms with E-state index in [1.54, 1.807) is 0 Å². The highest BCUT2D eigenvalue weighted by atomic mass is 35.5. The number of rotatable bonds is 4. The first kappa shape index (κ1) is 15.1. The summed E-state index contributed by atoms with van der Waals surface area (Å²) in [4.78, 5) is 0. The smallest absolute Gasteiger partial charge is 0.0451 e. The van der Waals surface area contributed by atoms with Gasteiger partial charge in [0.25, 0.3) is 0 Å². The molecular weight excluding hydrogens is 266 g/mol. The zero-order valence-electron chi connectivity index (χ0n) is 12.6. The van der Waals surface area contributed by atoms with Crippen molar-refractivity contribution in [3.8, 4) is 11.1 Å². The number of aryl methyl sites for hydroxylation is 2. The van der Waals surface area contributed by atoms with Crippen molar-refractivity contribution in [2.75, 3.05) is 0 Å². The zero-order valence-corrected chi connectivity index (χ0v) is 13.4. The minimum absolute atomic E-state index is 0.454. The van der Waals surface area contributed by atoms with Gasteiger partial charge in [0.15, 0.2) is 0 Å². The minimum atomic E-state index is 0.454. The van der Waals surface area contributed by atoms with Crippen molar-refractivity contribution in [1.82, 2.24) is 5.32 Å². The van der Waals surface area contributed by atoms with E-state index in [0.717, 1.165) is 17.1 Å². The molecule has 0 fully saturated rings. The van der Waals surface area contributed by atoms with Gasteiger partial charge in [0, 0.05) is 17.6 Å². The number of halogens is 1. The van der Waals surface area contributed by atoms with Gasteiger partial charge in [-0.2, -0.15) is 0 Å². The van der Waals surface area contributed by atoms with E-state index in [2.05, 4.69) is 63.3 Å².